The number of fused-ring (bicyclic) bond motifs is 1. The van der Waals surface area contributed by atoms with Gasteiger partial charge in [-0.05, 0) is 45.8 Å². The molecule has 0 aromatic heterocycles. The first-order chi connectivity index (χ1) is 8.41. The number of rotatable bonds is 3. The third kappa shape index (κ3) is 2.94. The van der Waals surface area contributed by atoms with Gasteiger partial charge in [0.15, 0.2) is 0 Å². The number of nitro groups is 1. The van der Waals surface area contributed by atoms with E-state index in [-0.39, 0.29) is 39.0 Å². The largest absolute Gasteiger partial charge is 1.00 e. The van der Waals surface area contributed by atoms with Gasteiger partial charge in [-0.25, -0.2) is 0 Å². The maximum atomic E-state index is 10.9. The van der Waals surface area contributed by atoms with Gasteiger partial charge in [-0.1, -0.05) is 0 Å². The Morgan fingerprint density at radius 1 is 1.11 bits per heavy atom. The van der Waals surface area contributed by atoms with Crippen molar-refractivity contribution in [2.75, 3.05) is 9.80 Å². The normalized spacial score (nSPS) is 13.8. The Hall–Kier alpha value is -1.04. The maximum absolute atomic E-state index is 10.9. The van der Waals surface area contributed by atoms with Crippen LogP contribution in [0, 0.1) is 16.8 Å². The van der Waals surface area contributed by atoms with Gasteiger partial charge in [0.05, 0.1) is 4.92 Å². The van der Waals surface area contributed by atoms with E-state index in [0.29, 0.717) is 6.04 Å². The van der Waals surface area contributed by atoms with Crippen LogP contribution in [0.25, 0.3) is 0 Å². The molecule has 0 atom stereocenters. The number of benzene rings is 1. The monoisotopic (exact) mass is 445 g/mol. The van der Waals surface area contributed by atoms with Crippen LogP contribution in [0.2, 0.25) is 0 Å². The van der Waals surface area contributed by atoms with Crippen LogP contribution >= 0.6 is 0 Å². The first-order valence-electron chi connectivity index (χ1n) is 6.12. The molecule has 1 heterocycles. The number of nitro benzene ring substituents is 1. The van der Waals surface area contributed by atoms with E-state index in [1.54, 1.807) is 12.1 Å². The number of non-ortho nitro benzene ring substituents is 1. The second-order valence-corrected chi connectivity index (χ2v) is 5.05. The van der Waals surface area contributed by atoms with Gasteiger partial charge in [-0.2, -0.15) is 6.67 Å². The molecule has 5 nitrogen and oxygen atoms in total. The van der Waals surface area contributed by atoms with Crippen LogP contribution in [0.15, 0.2) is 18.2 Å². The van der Waals surface area contributed by atoms with Gasteiger partial charge >= 0.3 is 22.4 Å². The molecular formula is C13H18AuN3O2. The number of nitrogens with zero attached hydrogens (tertiary/aromatic N) is 3. The summed E-state index contributed by atoms with van der Waals surface area (Å²) < 4.78 is 0. The predicted molar refractivity (Wildman–Crippen MR) is 72.6 cm³/mol. The van der Waals surface area contributed by atoms with Crippen molar-refractivity contribution in [2.45, 2.75) is 39.8 Å². The second kappa shape index (κ2) is 5.94. The zero-order valence-electron chi connectivity index (χ0n) is 11.4. The van der Waals surface area contributed by atoms with Gasteiger partial charge in [-0.3, -0.25) is 10.1 Å². The van der Waals surface area contributed by atoms with E-state index in [2.05, 4.69) is 37.5 Å². The fourth-order valence-electron chi connectivity index (χ4n) is 2.13. The van der Waals surface area contributed by atoms with Gasteiger partial charge in [0.25, 0.3) is 5.69 Å². The summed E-state index contributed by atoms with van der Waals surface area (Å²) in [5.41, 5.74) is 2.08. The van der Waals surface area contributed by atoms with E-state index in [4.69, 9.17) is 0 Å². The van der Waals surface area contributed by atoms with Crippen molar-refractivity contribution in [3.05, 3.63) is 35.0 Å². The molecule has 0 saturated carbocycles. The minimum Gasteiger partial charge on any atom is -0.500 e. The number of hydrogen-bond donors (Lipinski definition) is 0. The SMILES string of the molecule is CC(C)N1[CH-]N(C(C)C)c2cc([N+](=O)[O-])ccc21.[Au+]. The molecule has 1 aliphatic rings. The van der Waals surface area contributed by atoms with Crippen LogP contribution in [0.1, 0.15) is 27.7 Å². The summed E-state index contributed by atoms with van der Waals surface area (Å²) in [4.78, 5) is 14.7. The van der Waals surface area contributed by atoms with E-state index in [0.717, 1.165) is 11.4 Å². The minimum atomic E-state index is -0.350. The van der Waals surface area contributed by atoms with Gasteiger partial charge in [0.1, 0.15) is 0 Å². The smallest absolute Gasteiger partial charge is 0.500 e. The average molecular weight is 445 g/mol. The Balaban J connectivity index is 0.00000180. The van der Waals surface area contributed by atoms with Crippen LogP contribution in [0.3, 0.4) is 0 Å². The Kier molecular flexibility index (Phi) is 5.01. The second-order valence-electron chi connectivity index (χ2n) is 5.05. The topological polar surface area (TPSA) is 49.6 Å². The van der Waals surface area contributed by atoms with E-state index in [1.807, 2.05) is 12.7 Å². The summed E-state index contributed by atoms with van der Waals surface area (Å²) in [5.74, 6) is 0. The molecule has 108 valence electrons. The predicted octanol–water partition coefficient (Wildman–Crippen LogP) is 3.15. The molecule has 0 spiro atoms. The van der Waals surface area contributed by atoms with Crippen molar-refractivity contribution in [1.82, 2.24) is 0 Å². The maximum Gasteiger partial charge on any atom is 1.00 e. The van der Waals surface area contributed by atoms with Crippen molar-refractivity contribution >= 4 is 17.1 Å². The van der Waals surface area contributed by atoms with Crippen LogP contribution in [-0.2, 0) is 22.4 Å². The van der Waals surface area contributed by atoms with E-state index in [1.165, 1.54) is 0 Å². The van der Waals surface area contributed by atoms with Crippen molar-refractivity contribution < 1.29 is 27.3 Å². The summed E-state index contributed by atoms with van der Waals surface area (Å²) in [5, 5.41) is 10.9. The van der Waals surface area contributed by atoms with E-state index in [9.17, 15) is 10.1 Å². The Morgan fingerprint density at radius 2 is 1.63 bits per heavy atom. The van der Waals surface area contributed by atoms with Crippen molar-refractivity contribution in [3.63, 3.8) is 0 Å². The standard InChI is InChI=1S/C13H18N3O2.Au/c1-9(2)14-8-15(10(3)4)13-7-11(16(17)18)5-6-12(13)14;/h5-10H,1-4H3;/q-1;+1. The molecule has 0 radical (unpaired) electrons. The molecule has 1 aromatic carbocycles. The Bertz CT molecular complexity index is 477. The van der Waals surface area contributed by atoms with Crippen molar-refractivity contribution in [3.8, 4) is 0 Å². The molecule has 0 bridgehead atoms. The first-order valence-corrected chi connectivity index (χ1v) is 6.12. The van der Waals surface area contributed by atoms with Gasteiger partial charge in [0, 0.05) is 23.5 Å². The molecule has 1 aromatic rings. The molecule has 0 N–H and O–H groups in total. The third-order valence-corrected chi connectivity index (χ3v) is 3.09. The van der Waals surface area contributed by atoms with Crippen LogP contribution < -0.4 is 9.80 Å². The molecule has 0 amide bonds. The summed E-state index contributed by atoms with van der Waals surface area (Å²) >= 11 is 0. The van der Waals surface area contributed by atoms with Gasteiger partial charge < -0.3 is 9.80 Å². The third-order valence-electron chi connectivity index (χ3n) is 3.09. The van der Waals surface area contributed by atoms with Crippen molar-refractivity contribution in [1.29, 1.82) is 0 Å². The fourth-order valence-corrected chi connectivity index (χ4v) is 2.13. The quantitative estimate of drug-likeness (QED) is 0.311. The zero-order valence-corrected chi connectivity index (χ0v) is 13.6. The Morgan fingerprint density at radius 3 is 2.11 bits per heavy atom. The van der Waals surface area contributed by atoms with Crippen LogP contribution in [0.5, 0.6) is 0 Å². The first kappa shape index (κ1) is 16.0. The van der Waals surface area contributed by atoms with Crippen molar-refractivity contribution in [2.24, 2.45) is 0 Å². The Labute approximate surface area is 129 Å². The zero-order chi connectivity index (χ0) is 13.4. The summed E-state index contributed by atoms with van der Waals surface area (Å²) in [6.07, 6.45) is 0. The molecule has 6 heteroatoms. The molecule has 1 aliphatic heterocycles. The summed E-state index contributed by atoms with van der Waals surface area (Å²) in [6.45, 7) is 10.4. The molecule has 0 saturated heterocycles. The van der Waals surface area contributed by atoms with E-state index < -0.39 is 0 Å². The number of anilines is 2. The van der Waals surface area contributed by atoms with E-state index >= 15 is 0 Å². The molecule has 0 fully saturated rings. The summed E-state index contributed by atoms with van der Waals surface area (Å²) in [6, 6.07) is 5.63. The van der Waals surface area contributed by atoms with Crippen LogP contribution in [0.4, 0.5) is 17.1 Å². The van der Waals surface area contributed by atoms with Crippen LogP contribution in [-0.4, -0.2) is 17.0 Å². The fraction of sp³-hybridized carbons (Fsp3) is 0.462. The average Bonchev–Trinajstić information content (AvgIpc) is 2.67. The van der Waals surface area contributed by atoms with Gasteiger partial charge in [0.2, 0.25) is 0 Å². The molecular weight excluding hydrogens is 427 g/mol. The molecule has 19 heavy (non-hydrogen) atoms. The minimum absolute atomic E-state index is 0. The molecule has 0 aliphatic carbocycles. The number of hydrogen-bond acceptors (Lipinski definition) is 4. The summed E-state index contributed by atoms with van der Waals surface area (Å²) in [7, 11) is 0. The molecule has 0 unspecified atom stereocenters. The van der Waals surface area contributed by atoms with Gasteiger partial charge in [-0.15, -0.1) is 0 Å². The molecule has 2 rings (SSSR count).